The van der Waals surface area contributed by atoms with Crippen LogP contribution in [0.5, 0.6) is 0 Å². The van der Waals surface area contributed by atoms with Crippen LogP contribution in [0, 0.1) is 5.41 Å². The first-order chi connectivity index (χ1) is 13.2. The molecule has 0 spiro atoms. The molecule has 148 valence electrons. The molecule has 2 aromatic rings. The van der Waals surface area contributed by atoms with Crippen molar-refractivity contribution in [3.63, 3.8) is 0 Å². The summed E-state index contributed by atoms with van der Waals surface area (Å²) in [5, 5.41) is 6.51. The molecule has 1 fully saturated rings. The summed E-state index contributed by atoms with van der Waals surface area (Å²) in [5.41, 5.74) is 2.15. The fourth-order valence-electron chi connectivity index (χ4n) is 3.13. The smallest absolute Gasteiger partial charge is 0.240 e. The molecule has 0 radical (unpaired) electrons. The number of nitrogens with one attached hydrogen (secondary N) is 2. The highest BCUT2D eigenvalue weighted by Crippen LogP contribution is 2.46. The topological polar surface area (TPSA) is 58.2 Å². The van der Waals surface area contributed by atoms with Gasteiger partial charge in [0.1, 0.15) is 5.41 Å². The number of carbonyl (C=O) groups excluding carboxylic acids is 2. The minimum Gasteiger partial charge on any atom is -0.355 e. The van der Waals surface area contributed by atoms with Crippen LogP contribution in [-0.4, -0.2) is 18.4 Å². The number of anilines is 1. The van der Waals surface area contributed by atoms with Gasteiger partial charge in [0.05, 0.1) is 0 Å². The lowest BCUT2D eigenvalue weighted by Gasteiger charge is -2.20. The van der Waals surface area contributed by atoms with Crippen LogP contribution >= 0.6 is 11.6 Å². The molecule has 0 bridgehead atoms. The Hall–Kier alpha value is -2.33. The monoisotopic (exact) mass is 398 g/mol. The lowest BCUT2D eigenvalue weighted by molar-refractivity contribution is -0.134. The van der Waals surface area contributed by atoms with Gasteiger partial charge in [-0.05, 0) is 60.1 Å². The van der Waals surface area contributed by atoms with Crippen molar-refractivity contribution in [1.82, 2.24) is 5.32 Å². The van der Waals surface area contributed by atoms with E-state index in [-0.39, 0.29) is 17.2 Å². The Morgan fingerprint density at radius 1 is 0.964 bits per heavy atom. The maximum absolute atomic E-state index is 12.7. The summed E-state index contributed by atoms with van der Waals surface area (Å²) in [5.74, 6) is -0.412. The molecule has 2 amide bonds. The van der Waals surface area contributed by atoms with Crippen LogP contribution in [0.1, 0.15) is 44.7 Å². The lowest BCUT2D eigenvalue weighted by atomic mass is 9.87. The van der Waals surface area contributed by atoms with Gasteiger partial charge in [0.2, 0.25) is 11.8 Å². The highest BCUT2D eigenvalue weighted by atomic mass is 35.5. The zero-order valence-electron chi connectivity index (χ0n) is 16.6. The first kappa shape index (κ1) is 20.4. The van der Waals surface area contributed by atoms with Gasteiger partial charge >= 0.3 is 0 Å². The molecule has 2 N–H and O–H groups in total. The molecule has 1 saturated carbocycles. The molecular formula is C23H27ClN2O2. The van der Waals surface area contributed by atoms with E-state index >= 15 is 0 Å². The Balaban J connectivity index is 1.54. The van der Waals surface area contributed by atoms with E-state index in [9.17, 15) is 9.59 Å². The van der Waals surface area contributed by atoms with E-state index in [0.29, 0.717) is 30.8 Å². The van der Waals surface area contributed by atoms with Crippen LogP contribution in [0.2, 0.25) is 5.02 Å². The van der Waals surface area contributed by atoms with Crippen molar-refractivity contribution in [3.05, 3.63) is 64.7 Å². The van der Waals surface area contributed by atoms with Crippen molar-refractivity contribution in [3.8, 4) is 0 Å². The van der Waals surface area contributed by atoms with Crippen LogP contribution in [0.4, 0.5) is 5.69 Å². The molecule has 0 unspecified atom stereocenters. The van der Waals surface area contributed by atoms with Crippen molar-refractivity contribution < 1.29 is 9.59 Å². The molecule has 0 atom stereocenters. The molecule has 28 heavy (non-hydrogen) atoms. The van der Waals surface area contributed by atoms with Crippen molar-refractivity contribution >= 4 is 29.1 Å². The van der Waals surface area contributed by atoms with Gasteiger partial charge in [0.25, 0.3) is 0 Å². The van der Waals surface area contributed by atoms with E-state index in [1.807, 2.05) is 48.5 Å². The summed E-state index contributed by atoms with van der Waals surface area (Å²) >= 11 is 5.88. The second kappa shape index (κ2) is 7.96. The van der Waals surface area contributed by atoms with E-state index in [0.717, 1.165) is 11.3 Å². The number of hydrogen-bond acceptors (Lipinski definition) is 2. The molecule has 0 heterocycles. The average molecular weight is 399 g/mol. The summed E-state index contributed by atoms with van der Waals surface area (Å²) in [6, 6.07) is 15.4. The summed E-state index contributed by atoms with van der Waals surface area (Å²) in [7, 11) is 0. The van der Waals surface area contributed by atoms with Crippen LogP contribution in [-0.2, 0) is 21.4 Å². The predicted molar refractivity (Wildman–Crippen MR) is 114 cm³/mol. The highest BCUT2D eigenvalue weighted by Gasteiger charge is 2.56. The first-order valence-corrected chi connectivity index (χ1v) is 10.0. The normalized spacial score (nSPS) is 15.0. The second-order valence-electron chi connectivity index (χ2n) is 8.50. The van der Waals surface area contributed by atoms with Gasteiger partial charge < -0.3 is 10.6 Å². The zero-order valence-corrected chi connectivity index (χ0v) is 17.4. The SMILES string of the molecule is CC(C)(C)c1ccc(NC(=O)C2(C(=O)NCCc3ccc(Cl)cc3)CC2)cc1. The van der Waals surface area contributed by atoms with E-state index in [1.165, 1.54) is 5.56 Å². The fraction of sp³-hybridized carbons (Fsp3) is 0.391. The summed E-state index contributed by atoms with van der Waals surface area (Å²) in [6.45, 7) is 6.94. The van der Waals surface area contributed by atoms with Gasteiger partial charge in [-0.15, -0.1) is 0 Å². The predicted octanol–water partition coefficient (Wildman–Crippen LogP) is 4.72. The van der Waals surface area contributed by atoms with Crippen LogP contribution in [0.25, 0.3) is 0 Å². The molecule has 0 aromatic heterocycles. The van der Waals surface area contributed by atoms with E-state index < -0.39 is 5.41 Å². The molecule has 4 nitrogen and oxygen atoms in total. The number of amides is 2. The largest absolute Gasteiger partial charge is 0.355 e. The van der Waals surface area contributed by atoms with Crippen molar-refractivity contribution in [2.75, 3.05) is 11.9 Å². The molecule has 0 saturated heterocycles. The molecule has 0 aliphatic heterocycles. The average Bonchev–Trinajstić information content (AvgIpc) is 3.45. The second-order valence-corrected chi connectivity index (χ2v) is 8.93. The van der Waals surface area contributed by atoms with Crippen molar-refractivity contribution in [2.24, 2.45) is 5.41 Å². The number of hydrogen-bond donors (Lipinski definition) is 2. The molecule has 3 rings (SSSR count). The Morgan fingerprint density at radius 3 is 2.11 bits per heavy atom. The Kier molecular flexibility index (Phi) is 5.80. The molecule has 1 aliphatic rings. The molecular weight excluding hydrogens is 372 g/mol. The first-order valence-electron chi connectivity index (χ1n) is 9.65. The van der Waals surface area contributed by atoms with E-state index in [2.05, 4.69) is 31.4 Å². The standard InChI is InChI=1S/C23H27ClN2O2/c1-22(2,3)17-6-10-19(11-7-17)26-21(28)23(13-14-23)20(27)25-15-12-16-4-8-18(24)9-5-16/h4-11H,12-15H2,1-3H3,(H,25,27)(H,26,28). The third-order valence-electron chi connectivity index (χ3n) is 5.24. The maximum Gasteiger partial charge on any atom is 0.240 e. The molecule has 1 aliphatic carbocycles. The lowest BCUT2D eigenvalue weighted by Crippen LogP contribution is -2.40. The maximum atomic E-state index is 12.7. The third-order valence-corrected chi connectivity index (χ3v) is 5.49. The number of halogens is 1. The van der Waals surface area contributed by atoms with Gasteiger partial charge in [0.15, 0.2) is 0 Å². The van der Waals surface area contributed by atoms with Crippen molar-refractivity contribution in [1.29, 1.82) is 0 Å². The van der Waals surface area contributed by atoms with Crippen molar-refractivity contribution in [2.45, 2.75) is 45.4 Å². The summed E-state index contributed by atoms with van der Waals surface area (Å²) < 4.78 is 0. The van der Waals surface area contributed by atoms with Gasteiger partial charge in [-0.1, -0.05) is 56.6 Å². The molecule has 5 heteroatoms. The van der Waals surface area contributed by atoms with Crippen LogP contribution < -0.4 is 10.6 Å². The Labute approximate surface area is 171 Å². The number of rotatable bonds is 6. The van der Waals surface area contributed by atoms with Gasteiger partial charge in [-0.3, -0.25) is 9.59 Å². The van der Waals surface area contributed by atoms with E-state index in [4.69, 9.17) is 11.6 Å². The molecule has 2 aromatic carbocycles. The van der Waals surface area contributed by atoms with Crippen LogP contribution in [0.15, 0.2) is 48.5 Å². The van der Waals surface area contributed by atoms with Crippen LogP contribution in [0.3, 0.4) is 0 Å². The summed E-state index contributed by atoms with van der Waals surface area (Å²) in [4.78, 5) is 25.3. The third kappa shape index (κ3) is 4.74. The minimum absolute atomic E-state index is 0.0597. The Bertz CT molecular complexity index is 848. The van der Waals surface area contributed by atoms with Gasteiger partial charge in [-0.2, -0.15) is 0 Å². The highest BCUT2D eigenvalue weighted by molar-refractivity contribution is 6.30. The number of carbonyl (C=O) groups is 2. The fourth-order valence-corrected chi connectivity index (χ4v) is 3.25. The minimum atomic E-state index is -0.928. The zero-order chi connectivity index (χ0) is 20.4. The Morgan fingerprint density at radius 2 is 1.57 bits per heavy atom. The van der Waals surface area contributed by atoms with Gasteiger partial charge in [0, 0.05) is 17.3 Å². The quantitative estimate of drug-likeness (QED) is 0.692. The summed E-state index contributed by atoms with van der Waals surface area (Å²) in [6.07, 6.45) is 1.88. The van der Waals surface area contributed by atoms with E-state index in [1.54, 1.807) is 0 Å². The van der Waals surface area contributed by atoms with Gasteiger partial charge in [-0.25, -0.2) is 0 Å². The number of benzene rings is 2.